The van der Waals surface area contributed by atoms with Gasteiger partial charge in [0.25, 0.3) is 10.0 Å². The Morgan fingerprint density at radius 3 is 2.88 bits per heavy atom. The van der Waals surface area contributed by atoms with Crippen molar-refractivity contribution in [2.75, 3.05) is 14.1 Å². The summed E-state index contributed by atoms with van der Waals surface area (Å²) in [5.41, 5.74) is 0.710. The van der Waals surface area contributed by atoms with Crippen molar-refractivity contribution < 1.29 is 13.2 Å². The third kappa shape index (κ3) is 3.51. The molecule has 0 bridgehead atoms. The van der Waals surface area contributed by atoms with Crippen molar-refractivity contribution in [2.24, 2.45) is 0 Å². The molecule has 0 radical (unpaired) electrons. The minimum atomic E-state index is -3.42. The number of thiophene rings is 1. The van der Waals surface area contributed by atoms with Crippen LogP contribution >= 0.6 is 22.7 Å². The van der Waals surface area contributed by atoms with Gasteiger partial charge in [-0.15, -0.1) is 22.7 Å². The van der Waals surface area contributed by atoms with Crippen LogP contribution in [0.15, 0.2) is 34.1 Å². The zero-order valence-corrected chi connectivity index (χ0v) is 15.5. The summed E-state index contributed by atoms with van der Waals surface area (Å²) in [4.78, 5) is 18.0. The summed E-state index contributed by atoms with van der Waals surface area (Å²) in [5.74, 6) is -0.147. The number of amides is 1. The fourth-order valence-electron chi connectivity index (χ4n) is 2.05. The molecule has 0 atom stereocenters. The molecule has 0 aliphatic heterocycles. The highest BCUT2D eigenvalue weighted by Gasteiger charge is 2.19. The minimum absolute atomic E-state index is 0.147. The molecule has 3 aromatic rings. The highest BCUT2D eigenvalue weighted by molar-refractivity contribution is 7.91. The molecule has 1 amide bonds. The average Bonchev–Trinajstić information content (AvgIpc) is 3.20. The number of imidazole rings is 1. The van der Waals surface area contributed by atoms with E-state index in [-0.39, 0.29) is 16.5 Å². The second-order valence-corrected chi connectivity index (χ2v) is 9.71. The normalized spacial score (nSPS) is 12.1. The zero-order valence-electron chi connectivity index (χ0n) is 13.1. The molecule has 24 heavy (non-hydrogen) atoms. The van der Waals surface area contributed by atoms with Gasteiger partial charge in [0.1, 0.15) is 4.21 Å². The Kier molecular flexibility index (Phi) is 4.72. The molecule has 128 valence electrons. The molecule has 10 heteroatoms. The largest absolute Gasteiger partial charge is 0.351 e. The molecule has 0 saturated carbocycles. The van der Waals surface area contributed by atoms with E-state index in [0.29, 0.717) is 12.2 Å². The second-order valence-electron chi connectivity index (χ2n) is 5.29. The van der Waals surface area contributed by atoms with E-state index in [2.05, 4.69) is 10.3 Å². The number of fused-ring (bicyclic) bond motifs is 1. The Balaban J connectivity index is 1.58. The van der Waals surface area contributed by atoms with Crippen molar-refractivity contribution in [1.29, 1.82) is 0 Å². The van der Waals surface area contributed by atoms with Gasteiger partial charge in [-0.2, -0.15) is 0 Å². The van der Waals surface area contributed by atoms with Crippen molar-refractivity contribution in [3.05, 3.63) is 40.5 Å². The Labute approximate surface area is 147 Å². The molecule has 0 saturated heterocycles. The molecule has 0 fully saturated rings. The number of carbonyl (C=O) groups is 1. The third-order valence-electron chi connectivity index (χ3n) is 3.32. The summed E-state index contributed by atoms with van der Waals surface area (Å²) in [6.45, 7) is 0.300. The van der Waals surface area contributed by atoms with Gasteiger partial charge in [0.05, 0.1) is 18.7 Å². The first-order valence-corrected chi connectivity index (χ1v) is 10.2. The van der Waals surface area contributed by atoms with Crippen LogP contribution in [0.3, 0.4) is 0 Å². The van der Waals surface area contributed by atoms with Crippen LogP contribution in [-0.4, -0.2) is 42.1 Å². The first kappa shape index (κ1) is 17.1. The fraction of sp³-hybridized carbons (Fsp3) is 0.286. The maximum Gasteiger partial charge on any atom is 0.252 e. The molecule has 7 nitrogen and oxygen atoms in total. The molecule has 3 aromatic heterocycles. The molecule has 3 heterocycles. The molecular formula is C14H16N4O3S3. The SMILES string of the molecule is CN(C)S(=O)(=O)c1ccc(CNC(=O)Cc2cn3ccsc3n2)s1. The van der Waals surface area contributed by atoms with Crippen molar-refractivity contribution in [3.63, 3.8) is 0 Å². The Morgan fingerprint density at radius 2 is 2.17 bits per heavy atom. The highest BCUT2D eigenvalue weighted by atomic mass is 32.2. The Hall–Kier alpha value is -1.75. The van der Waals surface area contributed by atoms with Gasteiger partial charge < -0.3 is 5.32 Å². The topological polar surface area (TPSA) is 83.8 Å². The quantitative estimate of drug-likeness (QED) is 0.699. The summed E-state index contributed by atoms with van der Waals surface area (Å²) in [5, 5.41) is 4.73. The van der Waals surface area contributed by atoms with E-state index in [1.165, 1.54) is 29.7 Å². The minimum Gasteiger partial charge on any atom is -0.351 e. The molecule has 0 unspecified atom stereocenters. The van der Waals surface area contributed by atoms with Gasteiger partial charge in [0.15, 0.2) is 4.96 Å². The van der Waals surface area contributed by atoms with Crippen LogP contribution in [0, 0.1) is 0 Å². The molecule has 0 aliphatic carbocycles. The van der Waals surface area contributed by atoms with E-state index in [1.807, 2.05) is 22.2 Å². The number of rotatable bonds is 6. The monoisotopic (exact) mass is 384 g/mol. The summed E-state index contributed by atoms with van der Waals surface area (Å²) in [6, 6.07) is 3.28. The van der Waals surface area contributed by atoms with Gasteiger partial charge in [-0.3, -0.25) is 9.20 Å². The molecule has 0 aliphatic rings. The van der Waals surface area contributed by atoms with Crippen LogP contribution in [0.25, 0.3) is 4.96 Å². The maximum absolute atomic E-state index is 12.0. The lowest BCUT2D eigenvalue weighted by atomic mass is 10.3. The van der Waals surface area contributed by atoms with Crippen molar-refractivity contribution in [1.82, 2.24) is 19.0 Å². The number of nitrogens with one attached hydrogen (secondary N) is 1. The van der Waals surface area contributed by atoms with Crippen LogP contribution < -0.4 is 5.32 Å². The van der Waals surface area contributed by atoms with Crippen LogP contribution in [0.5, 0.6) is 0 Å². The predicted molar refractivity (Wildman–Crippen MR) is 93.8 cm³/mol. The van der Waals surface area contributed by atoms with Gasteiger partial charge >= 0.3 is 0 Å². The standard InChI is InChI=1S/C14H16N4O3S3/c1-17(2)24(20,21)13-4-3-11(23-13)8-15-12(19)7-10-9-18-5-6-22-14(18)16-10/h3-6,9H,7-8H2,1-2H3,(H,15,19). The van der Waals surface area contributed by atoms with Crippen molar-refractivity contribution >= 4 is 43.6 Å². The average molecular weight is 385 g/mol. The number of sulfonamides is 1. The van der Waals surface area contributed by atoms with E-state index in [1.54, 1.807) is 12.1 Å². The first-order valence-electron chi connectivity index (χ1n) is 7.05. The number of aromatic nitrogens is 2. The molecule has 0 aromatic carbocycles. The number of hydrogen-bond acceptors (Lipinski definition) is 6. The van der Waals surface area contributed by atoms with Gasteiger partial charge in [-0.1, -0.05) is 0 Å². The fourth-order valence-corrected chi connectivity index (χ4v) is 5.23. The number of thiazole rings is 1. The van der Waals surface area contributed by atoms with Gasteiger partial charge in [-0.05, 0) is 12.1 Å². The number of hydrogen-bond donors (Lipinski definition) is 1. The van der Waals surface area contributed by atoms with Crippen molar-refractivity contribution in [2.45, 2.75) is 17.2 Å². The summed E-state index contributed by atoms with van der Waals surface area (Å²) < 4.78 is 27.4. The highest BCUT2D eigenvalue weighted by Crippen LogP contribution is 2.23. The molecule has 0 spiro atoms. The molecule has 1 N–H and O–H groups in total. The Bertz CT molecular complexity index is 940. The van der Waals surface area contributed by atoms with E-state index >= 15 is 0 Å². The van der Waals surface area contributed by atoms with E-state index < -0.39 is 10.0 Å². The second kappa shape index (κ2) is 6.63. The van der Waals surface area contributed by atoms with Crippen molar-refractivity contribution in [3.8, 4) is 0 Å². The smallest absolute Gasteiger partial charge is 0.252 e. The summed E-state index contributed by atoms with van der Waals surface area (Å²) >= 11 is 2.67. The Morgan fingerprint density at radius 1 is 1.38 bits per heavy atom. The zero-order chi connectivity index (χ0) is 17.3. The van der Waals surface area contributed by atoms with E-state index in [9.17, 15) is 13.2 Å². The lowest BCUT2D eigenvalue weighted by Crippen LogP contribution is -2.24. The maximum atomic E-state index is 12.0. The molecule has 3 rings (SSSR count). The van der Waals surface area contributed by atoms with Crippen LogP contribution in [0.4, 0.5) is 0 Å². The summed E-state index contributed by atoms with van der Waals surface area (Å²) in [6.07, 6.45) is 3.92. The number of carbonyl (C=O) groups excluding carboxylic acids is 1. The van der Waals surface area contributed by atoms with Crippen LogP contribution in [-0.2, 0) is 27.8 Å². The van der Waals surface area contributed by atoms with Crippen LogP contribution in [0.2, 0.25) is 0 Å². The molecular weight excluding hydrogens is 368 g/mol. The van der Waals surface area contributed by atoms with Crippen LogP contribution in [0.1, 0.15) is 10.6 Å². The lowest BCUT2D eigenvalue weighted by Gasteiger charge is -2.08. The van der Waals surface area contributed by atoms with Gasteiger partial charge in [0.2, 0.25) is 5.91 Å². The van der Waals surface area contributed by atoms with Gasteiger partial charge in [-0.25, -0.2) is 17.7 Å². The van der Waals surface area contributed by atoms with E-state index in [4.69, 9.17) is 0 Å². The van der Waals surface area contributed by atoms with E-state index in [0.717, 1.165) is 21.2 Å². The summed E-state index contributed by atoms with van der Waals surface area (Å²) in [7, 11) is -0.440. The number of nitrogens with zero attached hydrogens (tertiary/aromatic N) is 3. The third-order valence-corrected chi connectivity index (χ3v) is 7.46. The van der Waals surface area contributed by atoms with Gasteiger partial charge in [0, 0.05) is 36.7 Å². The first-order chi connectivity index (χ1) is 11.4. The lowest BCUT2D eigenvalue weighted by molar-refractivity contribution is -0.120. The predicted octanol–water partition coefficient (Wildman–Crippen LogP) is 1.57.